The molecule has 10 heteroatoms. The van der Waals surface area contributed by atoms with Crippen molar-refractivity contribution in [3.63, 3.8) is 0 Å². The van der Waals surface area contributed by atoms with Crippen LogP contribution >= 0.6 is 22.9 Å². The van der Waals surface area contributed by atoms with E-state index >= 15 is 0 Å². The van der Waals surface area contributed by atoms with E-state index in [2.05, 4.69) is 4.90 Å². The number of halogens is 1. The Balaban J connectivity index is 1.56. The summed E-state index contributed by atoms with van der Waals surface area (Å²) in [6.45, 7) is 4.11. The smallest absolute Gasteiger partial charge is 0.266 e. The van der Waals surface area contributed by atoms with Crippen molar-refractivity contribution in [2.24, 2.45) is 0 Å². The Morgan fingerprint density at radius 2 is 1.97 bits per heavy atom. The number of nitrogens with zero attached hydrogens (tertiary/aromatic N) is 3. The number of anilines is 1. The highest BCUT2D eigenvalue weighted by molar-refractivity contribution is 7.23. The fourth-order valence-corrected chi connectivity index (χ4v) is 4.83. The molecule has 0 radical (unpaired) electrons. The Morgan fingerprint density at radius 1 is 1.18 bits per heavy atom. The maximum absolute atomic E-state index is 13.3. The molecule has 0 aliphatic carbocycles. The Kier molecular flexibility index (Phi) is 7.87. The molecule has 0 unspecified atom stereocenters. The highest BCUT2D eigenvalue weighted by atomic mass is 35.5. The Bertz CT molecular complexity index is 1100. The molecule has 1 fully saturated rings. The van der Waals surface area contributed by atoms with E-state index in [9.17, 15) is 4.79 Å². The molecule has 2 heterocycles. The number of methoxy groups -OCH3 is 2. The maximum Gasteiger partial charge on any atom is 0.266 e. The van der Waals surface area contributed by atoms with Gasteiger partial charge in [0.25, 0.3) is 5.91 Å². The lowest BCUT2D eigenvalue weighted by Crippen LogP contribution is -2.44. The van der Waals surface area contributed by atoms with Crippen LogP contribution in [-0.2, 0) is 9.53 Å². The monoisotopic (exact) mass is 491 g/mol. The van der Waals surface area contributed by atoms with Crippen LogP contribution in [0, 0.1) is 0 Å². The van der Waals surface area contributed by atoms with Gasteiger partial charge in [0.1, 0.15) is 22.8 Å². The second kappa shape index (κ2) is 11.0. The number of carbonyl (C=O) groups excluding carboxylic acids is 1. The van der Waals surface area contributed by atoms with Crippen molar-refractivity contribution in [1.82, 2.24) is 9.88 Å². The fraction of sp³-hybridized carbons (Fsp3) is 0.391. The fourth-order valence-electron chi connectivity index (χ4n) is 3.53. The van der Waals surface area contributed by atoms with Crippen LogP contribution in [0.25, 0.3) is 10.2 Å². The van der Waals surface area contributed by atoms with E-state index < -0.39 is 0 Å². The molecule has 0 atom stereocenters. The van der Waals surface area contributed by atoms with E-state index in [0.29, 0.717) is 59.2 Å². The lowest BCUT2D eigenvalue weighted by molar-refractivity contribution is -0.120. The predicted octanol–water partition coefficient (Wildman–Crippen LogP) is 3.71. The van der Waals surface area contributed by atoms with Gasteiger partial charge in [0.2, 0.25) is 0 Å². The summed E-state index contributed by atoms with van der Waals surface area (Å²) in [5.41, 5.74) is 0.642. The van der Waals surface area contributed by atoms with Crippen molar-refractivity contribution >= 4 is 44.2 Å². The van der Waals surface area contributed by atoms with Crippen molar-refractivity contribution in [3.05, 3.63) is 41.4 Å². The number of hydrogen-bond acceptors (Lipinski definition) is 8. The molecular formula is C23H26ClN3O5S. The van der Waals surface area contributed by atoms with Gasteiger partial charge in [-0.25, -0.2) is 4.98 Å². The predicted molar refractivity (Wildman–Crippen MR) is 129 cm³/mol. The van der Waals surface area contributed by atoms with Gasteiger partial charge in [-0.05, 0) is 24.3 Å². The molecule has 1 aliphatic heterocycles. The van der Waals surface area contributed by atoms with Crippen LogP contribution in [0.15, 0.2) is 36.4 Å². The molecular weight excluding hydrogens is 466 g/mol. The number of benzene rings is 2. The molecule has 176 valence electrons. The minimum absolute atomic E-state index is 0.128. The number of hydrogen-bond donors (Lipinski definition) is 0. The summed E-state index contributed by atoms with van der Waals surface area (Å²) in [7, 11) is 3.18. The Labute approximate surface area is 201 Å². The number of amides is 1. The van der Waals surface area contributed by atoms with Crippen LogP contribution in [0.2, 0.25) is 5.02 Å². The quantitative estimate of drug-likeness (QED) is 0.451. The van der Waals surface area contributed by atoms with Gasteiger partial charge in [0, 0.05) is 32.2 Å². The first-order valence-electron chi connectivity index (χ1n) is 10.6. The molecule has 0 N–H and O–H groups in total. The summed E-state index contributed by atoms with van der Waals surface area (Å²) < 4.78 is 22.7. The number of aromatic nitrogens is 1. The molecule has 1 saturated heterocycles. The van der Waals surface area contributed by atoms with Crippen LogP contribution in [0.3, 0.4) is 0 Å². The molecule has 1 aromatic heterocycles. The Morgan fingerprint density at radius 3 is 2.73 bits per heavy atom. The third-order valence-electron chi connectivity index (χ3n) is 5.35. The molecule has 0 saturated carbocycles. The first-order valence-corrected chi connectivity index (χ1v) is 11.8. The minimum atomic E-state index is -0.194. The SMILES string of the molecule is COc1cccc(OCC(=O)N(CCN2CCOCC2)c2nc3c(OC)ccc(Cl)c3s2)c1. The highest BCUT2D eigenvalue weighted by Gasteiger charge is 2.24. The van der Waals surface area contributed by atoms with Crippen molar-refractivity contribution in [2.75, 3.05) is 65.1 Å². The number of carbonyl (C=O) groups is 1. The third kappa shape index (κ3) is 5.67. The van der Waals surface area contributed by atoms with Crippen molar-refractivity contribution in [3.8, 4) is 17.2 Å². The zero-order valence-corrected chi connectivity index (χ0v) is 20.2. The molecule has 1 aliphatic rings. The first-order chi connectivity index (χ1) is 16.1. The standard InChI is InChI=1S/C23H26ClN3O5S/c1-29-16-4-3-5-17(14-16)32-15-20(28)27(9-8-26-10-12-31-13-11-26)23-25-21-19(30-2)7-6-18(24)22(21)33-23/h3-7,14H,8-13,15H2,1-2H3. The minimum Gasteiger partial charge on any atom is -0.497 e. The normalized spacial score (nSPS) is 14.3. The molecule has 1 amide bonds. The van der Waals surface area contributed by atoms with Crippen molar-refractivity contribution < 1.29 is 23.7 Å². The van der Waals surface area contributed by atoms with Crippen LogP contribution in [0.1, 0.15) is 0 Å². The van der Waals surface area contributed by atoms with E-state index in [1.165, 1.54) is 11.3 Å². The molecule has 3 aromatic rings. The van der Waals surface area contributed by atoms with E-state index in [-0.39, 0.29) is 12.5 Å². The van der Waals surface area contributed by atoms with Gasteiger partial charge in [-0.2, -0.15) is 0 Å². The van der Waals surface area contributed by atoms with Gasteiger partial charge in [-0.1, -0.05) is 29.0 Å². The summed E-state index contributed by atoms with van der Waals surface area (Å²) >= 11 is 7.77. The lowest BCUT2D eigenvalue weighted by Gasteiger charge is -2.29. The molecule has 33 heavy (non-hydrogen) atoms. The van der Waals surface area contributed by atoms with E-state index in [1.807, 2.05) is 12.1 Å². The molecule has 0 bridgehead atoms. The Hall–Kier alpha value is -2.59. The number of morpholine rings is 1. The average Bonchev–Trinajstić information content (AvgIpc) is 3.30. The van der Waals surface area contributed by atoms with Gasteiger partial charge >= 0.3 is 0 Å². The van der Waals surface area contributed by atoms with Gasteiger partial charge in [-0.3, -0.25) is 14.6 Å². The van der Waals surface area contributed by atoms with Crippen LogP contribution in [0.4, 0.5) is 5.13 Å². The zero-order chi connectivity index (χ0) is 23.2. The molecule has 2 aromatic carbocycles. The molecule has 8 nitrogen and oxygen atoms in total. The lowest BCUT2D eigenvalue weighted by atomic mass is 10.3. The highest BCUT2D eigenvalue weighted by Crippen LogP contribution is 2.38. The second-order valence-corrected chi connectivity index (χ2v) is 8.78. The molecule has 4 rings (SSSR count). The van der Waals surface area contributed by atoms with Crippen molar-refractivity contribution in [2.45, 2.75) is 0 Å². The van der Waals surface area contributed by atoms with Gasteiger partial charge in [-0.15, -0.1) is 0 Å². The van der Waals surface area contributed by atoms with Crippen LogP contribution < -0.4 is 19.1 Å². The topological polar surface area (TPSA) is 73.4 Å². The number of fused-ring (bicyclic) bond motifs is 1. The van der Waals surface area contributed by atoms with Gasteiger partial charge < -0.3 is 18.9 Å². The van der Waals surface area contributed by atoms with Crippen LogP contribution in [-0.4, -0.2) is 76.0 Å². The van der Waals surface area contributed by atoms with Crippen molar-refractivity contribution in [1.29, 1.82) is 0 Å². The largest absolute Gasteiger partial charge is 0.497 e. The number of rotatable bonds is 9. The summed E-state index contributed by atoms with van der Waals surface area (Å²) in [5.74, 6) is 1.65. The summed E-state index contributed by atoms with van der Waals surface area (Å²) in [5, 5.41) is 1.13. The summed E-state index contributed by atoms with van der Waals surface area (Å²) in [6, 6.07) is 10.7. The first kappa shape index (κ1) is 23.6. The van der Waals surface area contributed by atoms with Gasteiger partial charge in [0.05, 0.1) is 37.2 Å². The average molecular weight is 492 g/mol. The zero-order valence-electron chi connectivity index (χ0n) is 18.6. The van der Waals surface area contributed by atoms with Crippen LogP contribution in [0.5, 0.6) is 17.2 Å². The van der Waals surface area contributed by atoms with E-state index in [0.717, 1.165) is 17.8 Å². The van der Waals surface area contributed by atoms with E-state index in [1.54, 1.807) is 43.4 Å². The number of ether oxygens (including phenoxy) is 4. The third-order valence-corrected chi connectivity index (χ3v) is 6.88. The maximum atomic E-state index is 13.3. The number of thiazole rings is 1. The van der Waals surface area contributed by atoms with Gasteiger partial charge in [0.15, 0.2) is 11.7 Å². The summed E-state index contributed by atoms with van der Waals surface area (Å²) in [6.07, 6.45) is 0. The summed E-state index contributed by atoms with van der Waals surface area (Å²) in [4.78, 5) is 21.9. The molecule has 0 spiro atoms. The van der Waals surface area contributed by atoms with E-state index in [4.69, 9.17) is 35.5 Å². The second-order valence-electron chi connectivity index (χ2n) is 7.39.